The lowest BCUT2D eigenvalue weighted by Crippen LogP contribution is -2.12. The number of alkyl halides is 2. The second kappa shape index (κ2) is 5.55. The summed E-state index contributed by atoms with van der Waals surface area (Å²) in [4.78, 5) is 3.98. The zero-order valence-corrected chi connectivity index (χ0v) is 9.46. The van der Waals surface area contributed by atoms with Gasteiger partial charge in [-0.2, -0.15) is 8.78 Å². The van der Waals surface area contributed by atoms with Crippen LogP contribution >= 0.6 is 0 Å². The number of aromatic nitrogens is 1. The lowest BCUT2D eigenvalue weighted by atomic mass is 10.0. The molecule has 94 valence electrons. The van der Waals surface area contributed by atoms with Crippen LogP contribution in [-0.2, 0) is 0 Å². The predicted octanol–water partition coefficient (Wildman–Crippen LogP) is 2.73. The number of pyridine rings is 1. The van der Waals surface area contributed by atoms with Gasteiger partial charge >= 0.3 is 6.61 Å². The minimum atomic E-state index is -2.82. The Kier molecular flexibility index (Phi) is 3.84. The SMILES string of the molecule is NC(c1ccc(OC(F)F)cc1)c1cccnc1. The van der Waals surface area contributed by atoms with Gasteiger partial charge in [-0.1, -0.05) is 18.2 Å². The highest BCUT2D eigenvalue weighted by molar-refractivity contribution is 5.34. The molecule has 0 amide bonds. The molecule has 0 saturated carbocycles. The van der Waals surface area contributed by atoms with Crippen molar-refractivity contribution < 1.29 is 13.5 Å². The topological polar surface area (TPSA) is 48.1 Å². The number of ether oxygens (including phenoxy) is 1. The average molecular weight is 250 g/mol. The van der Waals surface area contributed by atoms with Crippen LogP contribution in [0.25, 0.3) is 0 Å². The molecule has 1 aromatic carbocycles. The molecule has 0 aliphatic rings. The average Bonchev–Trinajstić information content (AvgIpc) is 2.39. The van der Waals surface area contributed by atoms with E-state index in [1.807, 2.05) is 6.07 Å². The van der Waals surface area contributed by atoms with Crippen molar-refractivity contribution in [3.8, 4) is 5.75 Å². The molecule has 1 aromatic heterocycles. The van der Waals surface area contributed by atoms with Crippen molar-refractivity contribution in [3.63, 3.8) is 0 Å². The first kappa shape index (κ1) is 12.4. The Balaban J connectivity index is 2.14. The molecule has 2 aromatic rings. The Hall–Kier alpha value is -2.01. The third-order valence-corrected chi connectivity index (χ3v) is 2.51. The first-order chi connectivity index (χ1) is 8.66. The Labute approximate surface area is 103 Å². The van der Waals surface area contributed by atoms with Crippen LogP contribution < -0.4 is 10.5 Å². The van der Waals surface area contributed by atoms with E-state index in [-0.39, 0.29) is 11.8 Å². The molecule has 2 N–H and O–H groups in total. The standard InChI is InChI=1S/C13H12F2N2O/c14-13(15)18-11-5-3-9(4-6-11)12(16)10-2-1-7-17-8-10/h1-8,12-13H,16H2. The molecular weight excluding hydrogens is 238 g/mol. The molecule has 5 heteroatoms. The molecule has 1 unspecified atom stereocenters. The number of nitrogens with zero attached hydrogens (tertiary/aromatic N) is 1. The Morgan fingerprint density at radius 2 is 1.78 bits per heavy atom. The van der Waals surface area contributed by atoms with Crippen molar-refractivity contribution in [2.75, 3.05) is 0 Å². The largest absolute Gasteiger partial charge is 0.435 e. The first-order valence-electron chi connectivity index (χ1n) is 5.37. The van der Waals surface area contributed by atoms with Gasteiger partial charge in [0.2, 0.25) is 0 Å². The van der Waals surface area contributed by atoms with Gasteiger partial charge in [-0.15, -0.1) is 0 Å². The van der Waals surface area contributed by atoms with Crippen molar-refractivity contribution in [1.82, 2.24) is 4.98 Å². The van der Waals surface area contributed by atoms with E-state index in [4.69, 9.17) is 5.73 Å². The van der Waals surface area contributed by atoms with E-state index < -0.39 is 6.61 Å². The quantitative estimate of drug-likeness (QED) is 0.907. The lowest BCUT2D eigenvalue weighted by molar-refractivity contribution is -0.0498. The summed E-state index contributed by atoms with van der Waals surface area (Å²) in [6.45, 7) is -2.82. The van der Waals surface area contributed by atoms with Gasteiger partial charge in [-0.05, 0) is 29.3 Å². The molecule has 0 spiro atoms. The summed E-state index contributed by atoms with van der Waals surface area (Å²) in [5.74, 6) is 0.118. The Morgan fingerprint density at radius 1 is 1.06 bits per heavy atom. The van der Waals surface area contributed by atoms with E-state index in [9.17, 15) is 8.78 Å². The molecule has 0 radical (unpaired) electrons. The molecule has 0 saturated heterocycles. The van der Waals surface area contributed by atoms with Crippen LogP contribution in [0, 0.1) is 0 Å². The van der Waals surface area contributed by atoms with Crippen LogP contribution in [0.5, 0.6) is 5.75 Å². The monoisotopic (exact) mass is 250 g/mol. The summed E-state index contributed by atoms with van der Waals surface area (Å²) in [5, 5.41) is 0. The van der Waals surface area contributed by atoms with E-state index in [2.05, 4.69) is 9.72 Å². The second-order valence-corrected chi connectivity index (χ2v) is 3.71. The van der Waals surface area contributed by atoms with Gasteiger partial charge in [0, 0.05) is 12.4 Å². The van der Waals surface area contributed by atoms with Crippen molar-refractivity contribution in [1.29, 1.82) is 0 Å². The highest BCUT2D eigenvalue weighted by Crippen LogP contribution is 2.22. The number of nitrogens with two attached hydrogens (primary N) is 1. The Morgan fingerprint density at radius 3 is 2.33 bits per heavy atom. The third kappa shape index (κ3) is 3.01. The summed E-state index contributed by atoms with van der Waals surface area (Å²) in [7, 11) is 0. The molecule has 2 rings (SSSR count). The minimum absolute atomic E-state index is 0.118. The summed E-state index contributed by atoms with van der Waals surface area (Å²) >= 11 is 0. The maximum absolute atomic E-state index is 12.0. The molecule has 1 heterocycles. The normalized spacial score (nSPS) is 12.4. The number of halogens is 2. The number of rotatable bonds is 4. The van der Waals surface area contributed by atoms with Gasteiger partial charge < -0.3 is 10.5 Å². The third-order valence-electron chi connectivity index (χ3n) is 2.51. The van der Waals surface area contributed by atoms with E-state index in [0.29, 0.717) is 0 Å². The molecule has 1 atom stereocenters. The van der Waals surface area contributed by atoms with Gasteiger partial charge in [0.05, 0.1) is 6.04 Å². The summed E-state index contributed by atoms with van der Waals surface area (Å²) in [5.41, 5.74) is 7.71. The number of hydrogen-bond donors (Lipinski definition) is 1. The van der Waals surface area contributed by atoms with E-state index in [1.165, 1.54) is 12.1 Å². The first-order valence-corrected chi connectivity index (χ1v) is 5.37. The van der Waals surface area contributed by atoms with Crippen LogP contribution in [-0.4, -0.2) is 11.6 Å². The molecular formula is C13H12F2N2O. The fraction of sp³-hybridized carbons (Fsp3) is 0.154. The zero-order chi connectivity index (χ0) is 13.0. The molecule has 0 aliphatic heterocycles. The lowest BCUT2D eigenvalue weighted by Gasteiger charge is -2.12. The summed E-state index contributed by atoms with van der Waals surface area (Å²) < 4.78 is 28.2. The molecule has 0 aliphatic carbocycles. The van der Waals surface area contributed by atoms with Gasteiger partial charge in [-0.3, -0.25) is 4.98 Å². The van der Waals surface area contributed by atoms with Crippen LogP contribution in [0.1, 0.15) is 17.2 Å². The fourth-order valence-electron chi connectivity index (χ4n) is 1.61. The van der Waals surface area contributed by atoms with Gasteiger partial charge in [0.1, 0.15) is 5.75 Å². The highest BCUT2D eigenvalue weighted by Gasteiger charge is 2.10. The number of hydrogen-bond acceptors (Lipinski definition) is 3. The zero-order valence-electron chi connectivity index (χ0n) is 9.46. The number of benzene rings is 1. The molecule has 0 fully saturated rings. The van der Waals surface area contributed by atoms with Crippen molar-refractivity contribution in [3.05, 3.63) is 59.9 Å². The van der Waals surface area contributed by atoms with Gasteiger partial charge in [-0.25, -0.2) is 0 Å². The van der Waals surface area contributed by atoms with Crippen molar-refractivity contribution in [2.24, 2.45) is 5.73 Å². The molecule has 0 bridgehead atoms. The van der Waals surface area contributed by atoms with E-state index >= 15 is 0 Å². The fourth-order valence-corrected chi connectivity index (χ4v) is 1.61. The smallest absolute Gasteiger partial charge is 0.387 e. The van der Waals surface area contributed by atoms with Crippen molar-refractivity contribution in [2.45, 2.75) is 12.7 Å². The minimum Gasteiger partial charge on any atom is -0.435 e. The van der Waals surface area contributed by atoms with Crippen LogP contribution in [0.15, 0.2) is 48.8 Å². The maximum Gasteiger partial charge on any atom is 0.387 e. The van der Waals surface area contributed by atoms with Gasteiger partial charge in [0.25, 0.3) is 0 Å². The van der Waals surface area contributed by atoms with Crippen molar-refractivity contribution >= 4 is 0 Å². The predicted molar refractivity (Wildman–Crippen MR) is 63.3 cm³/mol. The van der Waals surface area contributed by atoms with Crippen LogP contribution in [0.4, 0.5) is 8.78 Å². The molecule has 3 nitrogen and oxygen atoms in total. The second-order valence-electron chi connectivity index (χ2n) is 3.71. The maximum atomic E-state index is 12.0. The van der Waals surface area contributed by atoms with E-state index in [1.54, 1.807) is 30.6 Å². The van der Waals surface area contributed by atoms with Gasteiger partial charge in [0.15, 0.2) is 0 Å². The summed E-state index contributed by atoms with van der Waals surface area (Å²) in [6, 6.07) is 9.59. The Bertz CT molecular complexity index is 488. The molecule has 18 heavy (non-hydrogen) atoms. The summed E-state index contributed by atoms with van der Waals surface area (Å²) in [6.07, 6.45) is 3.34. The van der Waals surface area contributed by atoms with E-state index in [0.717, 1.165) is 11.1 Å². The van der Waals surface area contributed by atoms with Crippen LogP contribution in [0.3, 0.4) is 0 Å². The van der Waals surface area contributed by atoms with Crippen LogP contribution in [0.2, 0.25) is 0 Å². The highest BCUT2D eigenvalue weighted by atomic mass is 19.3.